The standard InChI is InChI=1S/C23H29FN4O2/c1-25-12-13-28(2)23(30)16-6-9-20(10-7-16)27-22(29)18-8-11-21(26-15-18)17-4-3-5-19(24)14-17/h3-5,8,11,14-16,20,25H,6-7,9-10,12-13H2,1-2H3,(H,27,29)/t16-,20-. The smallest absolute Gasteiger partial charge is 0.253 e. The van der Waals surface area contributed by atoms with Crippen LogP contribution in [0.4, 0.5) is 4.39 Å². The first-order valence-corrected chi connectivity index (χ1v) is 10.4. The van der Waals surface area contributed by atoms with Crippen LogP contribution in [0.25, 0.3) is 11.3 Å². The Hall–Kier alpha value is -2.80. The summed E-state index contributed by atoms with van der Waals surface area (Å²) in [6.07, 6.45) is 4.66. The molecule has 160 valence electrons. The van der Waals surface area contributed by atoms with Crippen molar-refractivity contribution >= 4 is 11.8 Å². The van der Waals surface area contributed by atoms with Crippen molar-refractivity contribution in [2.45, 2.75) is 31.7 Å². The molecule has 0 bridgehead atoms. The van der Waals surface area contributed by atoms with E-state index in [1.165, 1.54) is 18.3 Å². The second-order valence-corrected chi connectivity index (χ2v) is 7.83. The summed E-state index contributed by atoms with van der Waals surface area (Å²) in [5.41, 5.74) is 1.76. The lowest BCUT2D eigenvalue weighted by molar-refractivity contribution is -0.135. The molecule has 2 N–H and O–H groups in total. The van der Waals surface area contributed by atoms with E-state index in [1.54, 1.807) is 29.2 Å². The van der Waals surface area contributed by atoms with Crippen molar-refractivity contribution in [2.75, 3.05) is 27.2 Å². The molecule has 1 fully saturated rings. The van der Waals surface area contributed by atoms with Crippen molar-refractivity contribution in [3.05, 3.63) is 54.0 Å². The Bertz CT molecular complexity index is 864. The van der Waals surface area contributed by atoms with E-state index in [0.717, 1.165) is 32.2 Å². The summed E-state index contributed by atoms with van der Waals surface area (Å²) < 4.78 is 13.4. The summed E-state index contributed by atoms with van der Waals surface area (Å²) in [7, 11) is 3.71. The van der Waals surface area contributed by atoms with Gasteiger partial charge in [-0.3, -0.25) is 14.6 Å². The van der Waals surface area contributed by atoms with E-state index in [2.05, 4.69) is 15.6 Å². The highest BCUT2D eigenvalue weighted by Gasteiger charge is 2.29. The van der Waals surface area contributed by atoms with Crippen LogP contribution in [-0.4, -0.2) is 54.9 Å². The molecular weight excluding hydrogens is 383 g/mol. The van der Waals surface area contributed by atoms with Gasteiger partial charge in [0.2, 0.25) is 5.91 Å². The number of nitrogens with one attached hydrogen (secondary N) is 2. The first kappa shape index (κ1) is 21.9. The summed E-state index contributed by atoms with van der Waals surface area (Å²) in [5.74, 6) is -0.271. The number of hydrogen-bond acceptors (Lipinski definition) is 4. The zero-order valence-electron chi connectivity index (χ0n) is 17.5. The molecule has 6 nitrogen and oxygen atoms in total. The molecule has 1 saturated carbocycles. The number of halogens is 1. The number of hydrogen-bond donors (Lipinski definition) is 2. The summed E-state index contributed by atoms with van der Waals surface area (Å²) >= 11 is 0. The molecule has 2 amide bonds. The van der Waals surface area contributed by atoms with Crippen LogP contribution in [0.1, 0.15) is 36.0 Å². The minimum Gasteiger partial charge on any atom is -0.349 e. The number of aromatic nitrogens is 1. The summed E-state index contributed by atoms with van der Waals surface area (Å²) in [5, 5.41) is 6.11. The van der Waals surface area contributed by atoms with Crippen molar-refractivity contribution in [3.8, 4) is 11.3 Å². The first-order valence-electron chi connectivity index (χ1n) is 10.4. The Morgan fingerprint density at radius 3 is 2.57 bits per heavy atom. The highest BCUT2D eigenvalue weighted by atomic mass is 19.1. The van der Waals surface area contributed by atoms with E-state index in [4.69, 9.17) is 0 Å². The number of carbonyl (C=O) groups is 2. The quantitative estimate of drug-likeness (QED) is 0.733. The van der Waals surface area contributed by atoms with Crippen LogP contribution in [0.5, 0.6) is 0 Å². The largest absolute Gasteiger partial charge is 0.349 e. The maximum atomic E-state index is 13.4. The van der Waals surface area contributed by atoms with Gasteiger partial charge >= 0.3 is 0 Å². The molecule has 0 spiro atoms. The lowest BCUT2D eigenvalue weighted by Gasteiger charge is -2.31. The number of benzene rings is 1. The third kappa shape index (κ3) is 5.63. The molecule has 0 saturated heterocycles. The van der Waals surface area contributed by atoms with Crippen LogP contribution in [0.3, 0.4) is 0 Å². The second-order valence-electron chi connectivity index (χ2n) is 7.83. The normalized spacial score (nSPS) is 18.6. The van der Waals surface area contributed by atoms with Gasteiger partial charge in [0.25, 0.3) is 5.91 Å². The monoisotopic (exact) mass is 412 g/mol. The fraction of sp³-hybridized carbons (Fsp3) is 0.435. The molecule has 2 aromatic rings. The highest BCUT2D eigenvalue weighted by Crippen LogP contribution is 2.26. The Balaban J connectivity index is 1.50. The van der Waals surface area contributed by atoms with E-state index >= 15 is 0 Å². The second kappa shape index (κ2) is 10.3. The Morgan fingerprint density at radius 2 is 1.93 bits per heavy atom. The molecule has 1 heterocycles. The van der Waals surface area contributed by atoms with Gasteiger partial charge in [-0.05, 0) is 57.0 Å². The van der Waals surface area contributed by atoms with Crippen LogP contribution < -0.4 is 10.6 Å². The van der Waals surface area contributed by atoms with Crippen LogP contribution in [0.15, 0.2) is 42.6 Å². The topological polar surface area (TPSA) is 74.3 Å². The average Bonchev–Trinajstić information content (AvgIpc) is 2.77. The Labute approximate surface area is 176 Å². The van der Waals surface area contributed by atoms with Crippen LogP contribution in [0.2, 0.25) is 0 Å². The van der Waals surface area contributed by atoms with E-state index in [0.29, 0.717) is 23.4 Å². The molecule has 30 heavy (non-hydrogen) atoms. The molecule has 0 atom stereocenters. The maximum Gasteiger partial charge on any atom is 0.253 e. The van der Waals surface area contributed by atoms with E-state index in [9.17, 15) is 14.0 Å². The molecular formula is C23H29FN4O2. The van der Waals surface area contributed by atoms with Gasteiger partial charge in [0.05, 0.1) is 11.3 Å². The van der Waals surface area contributed by atoms with Gasteiger partial charge in [-0.25, -0.2) is 4.39 Å². The van der Waals surface area contributed by atoms with Crippen LogP contribution in [-0.2, 0) is 4.79 Å². The number of carbonyl (C=O) groups excluding carboxylic acids is 2. The number of rotatable bonds is 7. The van der Waals surface area contributed by atoms with E-state index in [-0.39, 0.29) is 29.6 Å². The zero-order valence-corrected chi connectivity index (χ0v) is 17.5. The predicted molar refractivity (Wildman–Crippen MR) is 114 cm³/mol. The lowest BCUT2D eigenvalue weighted by atomic mass is 9.85. The summed E-state index contributed by atoms with van der Waals surface area (Å²) in [4.78, 5) is 31.2. The minimum absolute atomic E-state index is 0.0345. The van der Waals surface area contributed by atoms with Crippen molar-refractivity contribution in [1.29, 1.82) is 0 Å². The van der Waals surface area contributed by atoms with Gasteiger partial charge in [-0.15, -0.1) is 0 Å². The fourth-order valence-corrected chi connectivity index (χ4v) is 3.80. The number of pyridine rings is 1. The molecule has 1 aliphatic carbocycles. The van der Waals surface area contributed by atoms with Crippen molar-refractivity contribution < 1.29 is 14.0 Å². The third-order valence-corrected chi connectivity index (χ3v) is 5.63. The third-order valence-electron chi connectivity index (χ3n) is 5.63. The number of nitrogens with zero attached hydrogens (tertiary/aromatic N) is 2. The molecule has 0 radical (unpaired) electrons. The lowest BCUT2D eigenvalue weighted by Crippen LogP contribution is -2.42. The average molecular weight is 413 g/mol. The van der Waals surface area contributed by atoms with Gasteiger partial charge in [-0.2, -0.15) is 0 Å². The number of likely N-dealkylation sites (N-methyl/N-ethyl adjacent to an activating group) is 2. The van der Waals surface area contributed by atoms with Crippen molar-refractivity contribution in [3.63, 3.8) is 0 Å². The van der Waals surface area contributed by atoms with Gasteiger partial charge in [-0.1, -0.05) is 12.1 Å². The van der Waals surface area contributed by atoms with Gasteiger partial charge in [0, 0.05) is 43.9 Å². The Morgan fingerprint density at radius 1 is 1.17 bits per heavy atom. The zero-order chi connectivity index (χ0) is 21.5. The number of amides is 2. The van der Waals surface area contributed by atoms with Crippen LogP contribution in [0, 0.1) is 11.7 Å². The maximum absolute atomic E-state index is 13.4. The molecule has 7 heteroatoms. The van der Waals surface area contributed by atoms with Crippen LogP contribution >= 0.6 is 0 Å². The Kier molecular flexibility index (Phi) is 7.52. The van der Waals surface area contributed by atoms with Gasteiger partial charge < -0.3 is 15.5 Å². The highest BCUT2D eigenvalue weighted by molar-refractivity contribution is 5.94. The molecule has 1 aromatic carbocycles. The first-order chi connectivity index (χ1) is 14.5. The van der Waals surface area contributed by atoms with Gasteiger partial charge in [0.15, 0.2) is 0 Å². The molecule has 1 aliphatic rings. The minimum atomic E-state index is -0.321. The molecule has 1 aromatic heterocycles. The van der Waals surface area contributed by atoms with Crippen molar-refractivity contribution in [2.24, 2.45) is 5.92 Å². The molecule has 0 aliphatic heterocycles. The van der Waals surface area contributed by atoms with Crippen molar-refractivity contribution in [1.82, 2.24) is 20.5 Å². The summed E-state index contributed by atoms with van der Waals surface area (Å²) in [6, 6.07) is 9.70. The fourth-order valence-electron chi connectivity index (χ4n) is 3.80. The molecule has 0 unspecified atom stereocenters. The molecule has 3 rings (SSSR count). The van der Waals surface area contributed by atoms with Gasteiger partial charge in [0.1, 0.15) is 5.82 Å². The van der Waals surface area contributed by atoms with E-state index in [1.807, 2.05) is 14.1 Å². The SMILES string of the molecule is CNCCN(C)C(=O)[C@H]1CC[C@H](NC(=O)c2ccc(-c3cccc(F)c3)nc2)CC1. The summed E-state index contributed by atoms with van der Waals surface area (Å²) in [6.45, 7) is 1.48. The van der Waals surface area contributed by atoms with E-state index < -0.39 is 0 Å². The predicted octanol–water partition coefficient (Wildman–Crippen LogP) is 2.85.